The van der Waals surface area contributed by atoms with Gasteiger partial charge in [-0.3, -0.25) is 4.98 Å². The molecule has 0 spiro atoms. The number of nitrogens with one attached hydrogen (secondary N) is 3. The topological polar surface area (TPSA) is 90.8 Å². The summed E-state index contributed by atoms with van der Waals surface area (Å²) in [5.74, 6) is -0.595. The number of halogens is 2. The van der Waals surface area contributed by atoms with Gasteiger partial charge in [0, 0.05) is 16.8 Å². The maximum absolute atomic E-state index is 14.2. The van der Waals surface area contributed by atoms with Crippen LogP contribution in [0.5, 0.6) is 0 Å². The molecule has 9 heteroatoms. The lowest BCUT2D eigenvalue weighted by atomic mass is 10.1. The molecule has 0 saturated heterocycles. The maximum atomic E-state index is 14.2. The maximum Gasteiger partial charge on any atom is 0.324 e. The number of benzene rings is 1. The van der Waals surface area contributed by atoms with Gasteiger partial charge in [0.1, 0.15) is 11.3 Å². The largest absolute Gasteiger partial charge is 0.362 e. The Labute approximate surface area is 156 Å². The number of nitrogens with zero attached hydrogens (tertiary/aromatic N) is 3. The molecule has 27 heavy (non-hydrogen) atoms. The van der Waals surface area contributed by atoms with E-state index >= 15 is 0 Å². The highest BCUT2D eigenvalue weighted by Crippen LogP contribution is 2.32. The van der Waals surface area contributed by atoms with Crippen LogP contribution in [0.15, 0.2) is 47.7 Å². The molecule has 132 valence electrons. The van der Waals surface area contributed by atoms with Gasteiger partial charge in [-0.2, -0.15) is 0 Å². The minimum Gasteiger partial charge on any atom is -0.362 e. The van der Waals surface area contributed by atoms with E-state index in [1.807, 2.05) is 0 Å². The minimum atomic E-state index is -0.591. The number of hydrogen-bond donors (Lipinski definition) is 3. The Kier molecular flexibility index (Phi) is 4.06. The van der Waals surface area contributed by atoms with E-state index in [1.165, 1.54) is 30.6 Å². The Morgan fingerprint density at radius 2 is 2.00 bits per heavy atom. The predicted molar refractivity (Wildman–Crippen MR) is 101 cm³/mol. The van der Waals surface area contributed by atoms with Crippen LogP contribution in [-0.2, 0) is 0 Å². The number of hydrogen-bond acceptors (Lipinski definition) is 4. The number of anilines is 2. The van der Waals surface area contributed by atoms with Crippen LogP contribution in [0.25, 0.3) is 27.1 Å². The normalized spacial score (nSPS) is 10.7. The fraction of sp³-hybridized carbons (Fsp3) is 0. The molecule has 0 atom stereocenters. The van der Waals surface area contributed by atoms with E-state index in [4.69, 9.17) is 18.2 Å². The van der Waals surface area contributed by atoms with Gasteiger partial charge in [-0.05, 0) is 30.3 Å². The van der Waals surface area contributed by atoms with Crippen molar-refractivity contribution in [3.05, 3.63) is 75.5 Å². The van der Waals surface area contributed by atoms with E-state index in [0.29, 0.717) is 27.6 Å². The van der Waals surface area contributed by atoms with Gasteiger partial charge in [-0.15, -0.1) is 0 Å². The van der Waals surface area contributed by atoms with Crippen molar-refractivity contribution in [1.82, 2.24) is 19.9 Å². The number of imidazole rings is 1. The first-order chi connectivity index (χ1) is 13.1. The number of fused-ring (bicyclic) bond motifs is 1. The summed E-state index contributed by atoms with van der Waals surface area (Å²) >= 11 is 5.94. The van der Waals surface area contributed by atoms with E-state index in [2.05, 4.69) is 30.1 Å². The van der Waals surface area contributed by atoms with E-state index < -0.39 is 11.4 Å². The zero-order valence-electron chi connectivity index (χ0n) is 13.5. The minimum absolute atomic E-state index is 0.00402. The van der Waals surface area contributed by atoms with Gasteiger partial charge in [-0.1, -0.05) is 18.2 Å². The van der Waals surface area contributed by atoms with E-state index in [0.717, 1.165) is 0 Å². The van der Waals surface area contributed by atoms with Gasteiger partial charge in [0.15, 0.2) is 5.65 Å². The van der Waals surface area contributed by atoms with E-state index in [-0.39, 0.29) is 16.9 Å². The van der Waals surface area contributed by atoms with Crippen LogP contribution in [0.1, 0.15) is 0 Å². The number of aromatic amines is 2. The molecule has 3 N–H and O–H groups in total. The lowest BCUT2D eigenvalue weighted by Crippen LogP contribution is -2.10. The molecule has 7 nitrogen and oxygen atoms in total. The summed E-state index contributed by atoms with van der Waals surface area (Å²) in [6, 6.07) is 7.06. The van der Waals surface area contributed by atoms with Crippen LogP contribution in [0.2, 0.25) is 5.02 Å². The van der Waals surface area contributed by atoms with Crippen LogP contribution >= 0.6 is 11.6 Å². The summed E-state index contributed by atoms with van der Waals surface area (Å²) in [5, 5.41) is 3.37. The van der Waals surface area contributed by atoms with Crippen LogP contribution in [-0.4, -0.2) is 19.9 Å². The van der Waals surface area contributed by atoms with Crippen molar-refractivity contribution in [1.29, 1.82) is 0 Å². The van der Waals surface area contributed by atoms with Crippen molar-refractivity contribution in [3.8, 4) is 11.1 Å². The fourth-order valence-electron chi connectivity index (χ4n) is 2.71. The summed E-state index contributed by atoms with van der Waals surface area (Å²) in [6.45, 7) is 7.32. The van der Waals surface area contributed by atoms with Gasteiger partial charge < -0.3 is 15.1 Å². The summed E-state index contributed by atoms with van der Waals surface area (Å²) in [7, 11) is 0. The Hall–Kier alpha value is -3.70. The van der Waals surface area contributed by atoms with Crippen molar-refractivity contribution in [3.63, 3.8) is 0 Å². The summed E-state index contributed by atoms with van der Waals surface area (Å²) in [5.41, 5.74) is 1.55. The molecule has 0 unspecified atom stereocenters. The predicted octanol–water partition coefficient (Wildman–Crippen LogP) is 4.40. The molecule has 0 aliphatic heterocycles. The Morgan fingerprint density at radius 3 is 2.81 bits per heavy atom. The fourth-order valence-corrected chi connectivity index (χ4v) is 2.88. The first kappa shape index (κ1) is 16.8. The van der Waals surface area contributed by atoms with Crippen LogP contribution < -0.4 is 10.9 Å². The lowest BCUT2D eigenvalue weighted by molar-refractivity contribution is 0.631. The quantitative estimate of drug-likeness (QED) is 0.459. The third-order valence-corrected chi connectivity index (χ3v) is 4.18. The van der Waals surface area contributed by atoms with E-state index in [9.17, 15) is 9.18 Å². The highest BCUT2D eigenvalue weighted by molar-refractivity contribution is 6.30. The SMILES string of the molecule is [C-]#[N+]c1[nH]c(=O)c(-c2cc(Cl)ccc2F)cc1Nc1ccnc2nc[nH]c12. The highest BCUT2D eigenvalue weighted by Gasteiger charge is 2.16. The molecule has 3 heterocycles. The lowest BCUT2D eigenvalue weighted by Gasteiger charge is -2.11. The van der Waals surface area contributed by atoms with Crippen LogP contribution in [0.3, 0.4) is 0 Å². The molecule has 3 aromatic heterocycles. The first-order valence-electron chi connectivity index (χ1n) is 7.72. The zero-order chi connectivity index (χ0) is 19.0. The van der Waals surface area contributed by atoms with Gasteiger partial charge in [0.25, 0.3) is 5.82 Å². The summed E-state index contributed by atoms with van der Waals surface area (Å²) in [4.78, 5) is 29.3. The molecule has 0 aliphatic carbocycles. The number of H-pyrrole nitrogens is 2. The average Bonchev–Trinajstić information content (AvgIpc) is 3.15. The Balaban J connectivity index is 1.88. The van der Waals surface area contributed by atoms with Crippen molar-refractivity contribution in [2.24, 2.45) is 0 Å². The molecule has 0 fully saturated rings. The second kappa shape index (κ2) is 6.55. The smallest absolute Gasteiger partial charge is 0.324 e. The van der Waals surface area contributed by atoms with Crippen LogP contribution in [0.4, 0.5) is 21.6 Å². The number of aromatic nitrogens is 4. The molecule has 0 amide bonds. The van der Waals surface area contributed by atoms with Crippen molar-refractivity contribution < 1.29 is 4.39 Å². The number of rotatable bonds is 3. The molecular weight excluding hydrogens is 371 g/mol. The van der Waals surface area contributed by atoms with Gasteiger partial charge in [0.2, 0.25) is 0 Å². The second-order valence-corrected chi connectivity index (χ2v) is 6.03. The van der Waals surface area contributed by atoms with Crippen molar-refractivity contribution in [2.75, 3.05) is 5.32 Å². The molecule has 4 rings (SSSR count). The molecular formula is C18H10ClFN6O. The van der Waals surface area contributed by atoms with Crippen LogP contribution in [0, 0.1) is 12.4 Å². The summed E-state index contributed by atoms with van der Waals surface area (Å²) < 4.78 is 14.2. The molecule has 1 aromatic carbocycles. The molecule has 0 radical (unpaired) electrons. The van der Waals surface area contributed by atoms with Gasteiger partial charge >= 0.3 is 5.56 Å². The Morgan fingerprint density at radius 1 is 1.15 bits per heavy atom. The van der Waals surface area contributed by atoms with Gasteiger partial charge in [0.05, 0.1) is 23.3 Å². The standard InChI is InChI=1S/C18H10ClFN6O/c1-21-16-14(25-13-4-5-22-17-15(13)23-8-24-17)7-11(18(27)26-16)10-6-9(19)2-3-12(10)20/h2-8H,(H,26,27)(H2,22,23,24,25). The third-order valence-electron chi connectivity index (χ3n) is 3.95. The Bertz CT molecular complexity index is 1270. The highest BCUT2D eigenvalue weighted by atomic mass is 35.5. The first-order valence-corrected chi connectivity index (χ1v) is 8.10. The molecule has 0 saturated carbocycles. The van der Waals surface area contributed by atoms with Crippen molar-refractivity contribution >= 4 is 40.0 Å². The van der Waals surface area contributed by atoms with Crippen molar-refractivity contribution in [2.45, 2.75) is 0 Å². The second-order valence-electron chi connectivity index (χ2n) is 5.60. The zero-order valence-corrected chi connectivity index (χ0v) is 14.3. The van der Waals surface area contributed by atoms with E-state index in [1.54, 1.807) is 12.3 Å². The van der Waals surface area contributed by atoms with Gasteiger partial charge in [-0.25, -0.2) is 19.2 Å². The molecule has 0 bridgehead atoms. The molecule has 4 aromatic rings. The third kappa shape index (κ3) is 3.01. The number of pyridine rings is 2. The average molecular weight is 381 g/mol. The summed E-state index contributed by atoms with van der Waals surface area (Å²) in [6.07, 6.45) is 3.06. The monoisotopic (exact) mass is 380 g/mol. The molecule has 0 aliphatic rings.